The number of aryl methyl sites for hydroxylation is 3. The summed E-state index contributed by atoms with van der Waals surface area (Å²) in [5.74, 6) is 1.57. The zero-order valence-electron chi connectivity index (χ0n) is 16.8. The second-order valence-electron chi connectivity index (χ2n) is 6.82. The van der Waals surface area contributed by atoms with Crippen LogP contribution in [0.15, 0.2) is 41.6 Å². The van der Waals surface area contributed by atoms with Crippen LogP contribution in [0.4, 0.5) is 5.69 Å². The summed E-state index contributed by atoms with van der Waals surface area (Å²) in [4.78, 5) is 12.2. The molecule has 29 heavy (non-hydrogen) atoms. The SMILES string of the molecule is Cc1cccc(NC(=O)CSc2nnc(COc3cc(C)c(Cl)c(C)c3)n2C)c1. The van der Waals surface area contributed by atoms with E-state index in [1.165, 1.54) is 11.8 Å². The number of aromatic nitrogens is 3. The molecular weight excluding hydrogens is 408 g/mol. The largest absolute Gasteiger partial charge is 0.486 e. The lowest BCUT2D eigenvalue weighted by molar-refractivity contribution is -0.113. The number of amides is 1. The predicted octanol–water partition coefficient (Wildman–Crippen LogP) is 4.70. The van der Waals surface area contributed by atoms with Crippen LogP contribution in [0.5, 0.6) is 5.75 Å². The molecule has 0 bridgehead atoms. The fraction of sp³-hybridized carbons (Fsp3) is 0.286. The van der Waals surface area contributed by atoms with E-state index in [2.05, 4.69) is 15.5 Å². The molecule has 0 unspecified atom stereocenters. The van der Waals surface area contributed by atoms with E-state index in [4.69, 9.17) is 16.3 Å². The van der Waals surface area contributed by atoms with Crippen molar-refractivity contribution in [3.63, 3.8) is 0 Å². The number of carbonyl (C=O) groups is 1. The highest BCUT2D eigenvalue weighted by molar-refractivity contribution is 7.99. The molecule has 152 valence electrons. The van der Waals surface area contributed by atoms with Crippen LogP contribution in [0.2, 0.25) is 5.02 Å². The Morgan fingerprint density at radius 1 is 1.17 bits per heavy atom. The third kappa shape index (κ3) is 5.52. The average Bonchev–Trinajstić information content (AvgIpc) is 3.02. The number of thioether (sulfide) groups is 1. The summed E-state index contributed by atoms with van der Waals surface area (Å²) < 4.78 is 7.68. The van der Waals surface area contributed by atoms with Crippen LogP contribution in [-0.2, 0) is 18.4 Å². The maximum absolute atomic E-state index is 12.2. The van der Waals surface area contributed by atoms with Gasteiger partial charge in [-0.15, -0.1) is 10.2 Å². The van der Waals surface area contributed by atoms with Crippen molar-refractivity contribution in [2.45, 2.75) is 32.5 Å². The quantitative estimate of drug-likeness (QED) is 0.550. The summed E-state index contributed by atoms with van der Waals surface area (Å²) in [5, 5.41) is 12.6. The number of nitrogens with one attached hydrogen (secondary N) is 1. The monoisotopic (exact) mass is 430 g/mol. The molecule has 0 aliphatic heterocycles. The summed E-state index contributed by atoms with van der Waals surface area (Å²) in [6, 6.07) is 11.5. The lowest BCUT2D eigenvalue weighted by Crippen LogP contribution is -2.14. The first kappa shape index (κ1) is 21.2. The number of hydrogen-bond acceptors (Lipinski definition) is 5. The van der Waals surface area contributed by atoms with Crippen LogP contribution in [0.25, 0.3) is 0 Å². The summed E-state index contributed by atoms with van der Waals surface area (Å²) >= 11 is 7.53. The van der Waals surface area contributed by atoms with E-state index in [9.17, 15) is 4.79 Å². The number of halogens is 1. The van der Waals surface area contributed by atoms with Crippen LogP contribution in [0.1, 0.15) is 22.5 Å². The summed E-state index contributed by atoms with van der Waals surface area (Å²) in [6.07, 6.45) is 0. The number of benzene rings is 2. The van der Waals surface area contributed by atoms with Crippen molar-refractivity contribution in [3.05, 3.63) is 63.9 Å². The molecule has 0 aliphatic rings. The number of rotatable bonds is 7. The maximum Gasteiger partial charge on any atom is 0.234 e. The third-order valence-corrected chi connectivity index (χ3v) is 5.95. The Labute approximate surface area is 179 Å². The molecule has 3 rings (SSSR count). The molecule has 0 radical (unpaired) electrons. The Hall–Kier alpha value is -2.51. The Bertz CT molecular complexity index is 1010. The van der Waals surface area contributed by atoms with E-state index >= 15 is 0 Å². The van der Waals surface area contributed by atoms with Gasteiger partial charge >= 0.3 is 0 Å². The van der Waals surface area contributed by atoms with Gasteiger partial charge in [0.15, 0.2) is 11.0 Å². The highest BCUT2D eigenvalue weighted by Gasteiger charge is 2.13. The molecule has 0 saturated carbocycles. The molecular formula is C21H23ClN4O2S. The molecule has 8 heteroatoms. The molecule has 1 N–H and O–H groups in total. The lowest BCUT2D eigenvalue weighted by atomic mass is 10.1. The number of ether oxygens (including phenoxy) is 1. The standard InChI is InChI=1S/C21H23ClN4O2S/c1-13-6-5-7-16(8-13)23-19(27)12-29-21-25-24-18(26(21)4)11-28-17-9-14(2)20(22)15(3)10-17/h5-10H,11-12H2,1-4H3,(H,23,27). The Kier molecular flexibility index (Phi) is 6.82. The van der Waals surface area contributed by atoms with Crippen molar-refractivity contribution in [1.29, 1.82) is 0 Å². The average molecular weight is 431 g/mol. The highest BCUT2D eigenvalue weighted by atomic mass is 35.5. The van der Waals surface area contributed by atoms with Gasteiger partial charge in [-0.3, -0.25) is 4.79 Å². The Morgan fingerprint density at radius 2 is 1.90 bits per heavy atom. The summed E-state index contributed by atoms with van der Waals surface area (Å²) in [6.45, 7) is 6.16. The van der Waals surface area contributed by atoms with E-state index in [0.29, 0.717) is 11.0 Å². The van der Waals surface area contributed by atoms with Gasteiger partial charge in [0.2, 0.25) is 5.91 Å². The number of nitrogens with zero attached hydrogens (tertiary/aromatic N) is 3. The van der Waals surface area contributed by atoms with Crippen molar-refractivity contribution in [2.24, 2.45) is 7.05 Å². The second-order valence-corrected chi connectivity index (χ2v) is 8.14. The summed E-state index contributed by atoms with van der Waals surface area (Å²) in [7, 11) is 1.86. The van der Waals surface area contributed by atoms with Crippen molar-refractivity contribution in [1.82, 2.24) is 14.8 Å². The van der Waals surface area contributed by atoms with Gasteiger partial charge in [0.05, 0.1) is 5.75 Å². The predicted molar refractivity (Wildman–Crippen MR) is 117 cm³/mol. The lowest BCUT2D eigenvalue weighted by Gasteiger charge is -2.10. The van der Waals surface area contributed by atoms with Gasteiger partial charge < -0.3 is 14.6 Å². The van der Waals surface area contributed by atoms with Crippen molar-refractivity contribution in [2.75, 3.05) is 11.1 Å². The molecule has 3 aromatic rings. The molecule has 0 aliphatic carbocycles. The van der Waals surface area contributed by atoms with Gasteiger partial charge in [0, 0.05) is 17.8 Å². The zero-order valence-corrected chi connectivity index (χ0v) is 18.4. The first-order valence-corrected chi connectivity index (χ1v) is 10.5. The van der Waals surface area contributed by atoms with Gasteiger partial charge in [-0.25, -0.2) is 0 Å². The van der Waals surface area contributed by atoms with Crippen LogP contribution in [0, 0.1) is 20.8 Å². The van der Waals surface area contributed by atoms with Crippen LogP contribution < -0.4 is 10.1 Å². The van der Waals surface area contributed by atoms with Crippen molar-refractivity contribution < 1.29 is 9.53 Å². The van der Waals surface area contributed by atoms with E-state index in [-0.39, 0.29) is 18.3 Å². The fourth-order valence-electron chi connectivity index (χ4n) is 2.78. The van der Waals surface area contributed by atoms with Crippen molar-refractivity contribution in [3.8, 4) is 5.75 Å². The van der Waals surface area contributed by atoms with E-state index < -0.39 is 0 Å². The molecule has 0 fully saturated rings. The number of hydrogen-bond donors (Lipinski definition) is 1. The molecule has 0 saturated heterocycles. The van der Waals surface area contributed by atoms with Gasteiger partial charge in [-0.1, -0.05) is 35.5 Å². The van der Waals surface area contributed by atoms with Gasteiger partial charge in [0.1, 0.15) is 12.4 Å². The molecule has 2 aromatic carbocycles. The molecule has 0 spiro atoms. The molecule has 1 aromatic heterocycles. The maximum atomic E-state index is 12.2. The first-order valence-electron chi connectivity index (χ1n) is 9.10. The van der Waals surface area contributed by atoms with Gasteiger partial charge in [-0.2, -0.15) is 0 Å². The minimum absolute atomic E-state index is 0.0893. The topological polar surface area (TPSA) is 69.0 Å². The normalized spacial score (nSPS) is 10.8. The van der Waals surface area contributed by atoms with Gasteiger partial charge in [0.25, 0.3) is 0 Å². The minimum Gasteiger partial charge on any atom is -0.486 e. The van der Waals surface area contributed by atoms with Crippen LogP contribution in [0.3, 0.4) is 0 Å². The van der Waals surface area contributed by atoms with Crippen molar-refractivity contribution >= 4 is 35.0 Å². The minimum atomic E-state index is -0.0893. The molecule has 6 nitrogen and oxygen atoms in total. The molecule has 1 amide bonds. The van der Waals surface area contributed by atoms with E-state index in [1.807, 2.05) is 68.8 Å². The summed E-state index contributed by atoms with van der Waals surface area (Å²) in [5.41, 5.74) is 3.82. The highest BCUT2D eigenvalue weighted by Crippen LogP contribution is 2.26. The Balaban J connectivity index is 1.56. The van der Waals surface area contributed by atoms with E-state index in [0.717, 1.165) is 33.1 Å². The second kappa shape index (κ2) is 9.33. The first-order chi connectivity index (χ1) is 13.8. The number of carbonyl (C=O) groups excluding carboxylic acids is 1. The molecule has 1 heterocycles. The van der Waals surface area contributed by atoms with E-state index in [1.54, 1.807) is 0 Å². The van der Waals surface area contributed by atoms with Crippen LogP contribution in [-0.4, -0.2) is 26.4 Å². The molecule has 0 atom stereocenters. The fourth-order valence-corrected chi connectivity index (χ4v) is 3.62. The Morgan fingerprint density at radius 3 is 2.59 bits per heavy atom. The zero-order chi connectivity index (χ0) is 21.0. The van der Waals surface area contributed by atoms with Crippen LogP contribution >= 0.6 is 23.4 Å². The smallest absolute Gasteiger partial charge is 0.234 e. The number of anilines is 1. The third-order valence-electron chi connectivity index (χ3n) is 4.34. The van der Waals surface area contributed by atoms with Gasteiger partial charge in [-0.05, 0) is 61.7 Å².